The molecule has 0 saturated carbocycles. The molecular weight excluding hydrogens is 306 g/mol. The van der Waals surface area contributed by atoms with Gasteiger partial charge in [0.2, 0.25) is 5.91 Å². The smallest absolute Gasteiger partial charge is 0.226 e. The van der Waals surface area contributed by atoms with E-state index < -0.39 is 0 Å². The molecule has 0 atom stereocenters. The van der Waals surface area contributed by atoms with Crippen molar-refractivity contribution in [2.45, 2.75) is 26.8 Å². The van der Waals surface area contributed by atoms with E-state index in [1.807, 2.05) is 32.2 Å². The van der Waals surface area contributed by atoms with Gasteiger partial charge in [-0.2, -0.15) is 5.10 Å². The number of aromatic nitrogens is 2. The van der Waals surface area contributed by atoms with E-state index in [0.717, 1.165) is 15.7 Å². The fourth-order valence-corrected chi connectivity index (χ4v) is 2.17. The third-order valence-electron chi connectivity index (χ3n) is 2.83. The van der Waals surface area contributed by atoms with Gasteiger partial charge in [0, 0.05) is 24.8 Å². The molecule has 0 radical (unpaired) electrons. The number of nitrogens with one attached hydrogen (secondary N) is 1. The van der Waals surface area contributed by atoms with Crippen LogP contribution in [0.4, 0.5) is 5.69 Å². The molecule has 0 bridgehead atoms. The number of carbonyl (C=O) groups excluding carboxylic acids is 1. The zero-order valence-corrected chi connectivity index (χ0v) is 12.6. The van der Waals surface area contributed by atoms with Gasteiger partial charge in [0.25, 0.3) is 0 Å². The number of halogens is 1. The summed E-state index contributed by atoms with van der Waals surface area (Å²) < 4.78 is 2.66. The molecule has 0 aliphatic carbocycles. The molecule has 0 aliphatic rings. The maximum Gasteiger partial charge on any atom is 0.226 e. The Balaban J connectivity index is 1.90. The minimum Gasteiger partial charge on any atom is -0.326 e. The van der Waals surface area contributed by atoms with Gasteiger partial charge < -0.3 is 5.32 Å². The van der Waals surface area contributed by atoms with Crippen molar-refractivity contribution in [3.05, 3.63) is 46.2 Å². The normalized spacial score (nSPS) is 10.5. The van der Waals surface area contributed by atoms with Crippen LogP contribution in [0.25, 0.3) is 0 Å². The van der Waals surface area contributed by atoms with E-state index >= 15 is 0 Å². The SMILES string of the molecule is Cc1ccc(NC(=O)CCn2cc(Br)cn2)c(C)c1. The fourth-order valence-electron chi connectivity index (χ4n) is 1.84. The van der Waals surface area contributed by atoms with Crippen molar-refractivity contribution in [1.82, 2.24) is 9.78 Å². The van der Waals surface area contributed by atoms with E-state index in [2.05, 4.69) is 32.4 Å². The van der Waals surface area contributed by atoms with Crippen molar-refractivity contribution in [2.24, 2.45) is 0 Å². The van der Waals surface area contributed by atoms with Crippen LogP contribution in [-0.4, -0.2) is 15.7 Å². The number of hydrogen-bond acceptors (Lipinski definition) is 2. The Morgan fingerprint density at radius 1 is 1.42 bits per heavy atom. The van der Waals surface area contributed by atoms with Gasteiger partial charge >= 0.3 is 0 Å². The van der Waals surface area contributed by atoms with Crippen LogP contribution in [0.3, 0.4) is 0 Å². The molecule has 0 saturated heterocycles. The quantitative estimate of drug-likeness (QED) is 0.939. The maximum atomic E-state index is 11.9. The first-order valence-corrected chi connectivity index (χ1v) is 6.89. The molecule has 4 nitrogen and oxygen atoms in total. The van der Waals surface area contributed by atoms with E-state index in [1.54, 1.807) is 10.9 Å². The molecule has 1 heterocycles. The summed E-state index contributed by atoms with van der Waals surface area (Å²) in [7, 11) is 0. The standard InChI is InChI=1S/C14H16BrN3O/c1-10-3-4-13(11(2)7-10)17-14(19)5-6-18-9-12(15)8-16-18/h3-4,7-9H,5-6H2,1-2H3,(H,17,19). The van der Waals surface area contributed by atoms with Crippen LogP contribution in [0.1, 0.15) is 17.5 Å². The highest BCUT2D eigenvalue weighted by Gasteiger charge is 2.05. The molecule has 100 valence electrons. The molecule has 1 aromatic carbocycles. The number of benzene rings is 1. The number of carbonyl (C=O) groups is 1. The lowest BCUT2D eigenvalue weighted by atomic mass is 10.1. The second-order valence-corrected chi connectivity index (χ2v) is 5.45. The summed E-state index contributed by atoms with van der Waals surface area (Å²) in [5.74, 6) is -0.00132. The highest BCUT2D eigenvalue weighted by Crippen LogP contribution is 2.16. The van der Waals surface area contributed by atoms with E-state index in [0.29, 0.717) is 13.0 Å². The summed E-state index contributed by atoms with van der Waals surface area (Å²) >= 11 is 3.33. The summed E-state index contributed by atoms with van der Waals surface area (Å²) in [5.41, 5.74) is 3.14. The monoisotopic (exact) mass is 321 g/mol. The van der Waals surface area contributed by atoms with Crippen molar-refractivity contribution >= 4 is 27.5 Å². The molecule has 1 amide bonds. The Kier molecular flexibility index (Phi) is 4.37. The predicted molar refractivity (Wildman–Crippen MR) is 79.1 cm³/mol. The molecule has 1 N–H and O–H groups in total. The second kappa shape index (κ2) is 6.02. The fraction of sp³-hybridized carbons (Fsp3) is 0.286. The first-order chi connectivity index (χ1) is 9.04. The third-order valence-corrected chi connectivity index (χ3v) is 3.24. The van der Waals surface area contributed by atoms with Crippen molar-refractivity contribution in [1.29, 1.82) is 0 Å². The molecule has 0 fully saturated rings. The van der Waals surface area contributed by atoms with Crippen LogP contribution in [0.5, 0.6) is 0 Å². The highest BCUT2D eigenvalue weighted by atomic mass is 79.9. The van der Waals surface area contributed by atoms with E-state index in [-0.39, 0.29) is 5.91 Å². The Labute approximate surface area is 120 Å². The van der Waals surface area contributed by atoms with Crippen molar-refractivity contribution < 1.29 is 4.79 Å². The summed E-state index contributed by atoms with van der Waals surface area (Å²) in [6, 6.07) is 5.99. The second-order valence-electron chi connectivity index (χ2n) is 4.54. The molecule has 19 heavy (non-hydrogen) atoms. The van der Waals surface area contributed by atoms with Crippen LogP contribution in [-0.2, 0) is 11.3 Å². The lowest BCUT2D eigenvalue weighted by molar-refractivity contribution is -0.116. The van der Waals surface area contributed by atoms with E-state index in [9.17, 15) is 4.79 Å². The Morgan fingerprint density at radius 2 is 2.21 bits per heavy atom. The zero-order chi connectivity index (χ0) is 13.8. The molecular formula is C14H16BrN3O. The highest BCUT2D eigenvalue weighted by molar-refractivity contribution is 9.10. The molecule has 2 aromatic rings. The Hall–Kier alpha value is -1.62. The summed E-state index contributed by atoms with van der Waals surface area (Å²) in [6.07, 6.45) is 3.97. The van der Waals surface area contributed by atoms with Crippen molar-refractivity contribution in [3.8, 4) is 0 Å². The van der Waals surface area contributed by atoms with E-state index in [1.165, 1.54) is 5.56 Å². The topological polar surface area (TPSA) is 46.9 Å². The van der Waals surface area contributed by atoms with Gasteiger partial charge in [-0.3, -0.25) is 9.48 Å². The van der Waals surface area contributed by atoms with Crippen LogP contribution in [0, 0.1) is 13.8 Å². The maximum absolute atomic E-state index is 11.9. The van der Waals surface area contributed by atoms with Gasteiger partial charge in [-0.1, -0.05) is 17.7 Å². The van der Waals surface area contributed by atoms with Crippen molar-refractivity contribution in [3.63, 3.8) is 0 Å². The lowest BCUT2D eigenvalue weighted by Crippen LogP contribution is -2.15. The average Bonchev–Trinajstić information content (AvgIpc) is 2.76. The minimum absolute atomic E-state index is 0.00132. The van der Waals surface area contributed by atoms with Crippen molar-refractivity contribution in [2.75, 3.05) is 5.32 Å². The number of aryl methyl sites for hydroxylation is 3. The Bertz CT molecular complexity index is 592. The number of hydrogen-bond donors (Lipinski definition) is 1. The molecule has 0 spiro atoms. The minimum atomic E-state index is -0.00132. The molecule has 0 aliphatic heterocycles. The predicted octanol–water partition coefficient (Wildman–Crippen LogP) is 3.29. The molecule has 1 aromatic heterocycles. The number of anilines is 1. The molecule has 0 unspecified atom stereocenters. The first-order valence-electron chi connectivity index (χ1n) is 6.09. The van der Waals surface area contributed by atoms with Gasteiger partial charge in [-0.05, 0) is 41.4 Å². The van der Waals surface area contributed by atoms with Gasteiger partial charge in [-0.15, -0.1) is 0 Å². The summed E-state index contributed by atoms with van der Waals surface area (Å²) in [5, 5.41) is 7.04. The van der Waals surface area contributed by atoms with Gasteiger partial charge in [0.05, 0.1) is 10.7 Å². The first kappa shape index (κ1) is 13.8. The van der Waals surface area contributed by atoms with Crippen LogP contribution < -0.4 is 5.32 Å². The third kappa shape index (κ3) is 3.92. The van der Waals surface area contributed by atoms with Crippen LogP contribution in [0.2, 0.25) is 0 Å². The largest absolute Gasteiger partial charge is 0.326 e. The molecule has 2 rings (SSSR count). The summed E-state index contributed by atoms with van der Waals surface area (Å²) in [6.45, 7) is 4.60. The summed E-state index contributed by atoms with van der Waals surface area (Å²) in [4.78, 5) is 11.9. The van der Waals surface area contributed by atoms with Gasteiger partial charge in [0.1, 0.15) is 0 Å². The van der Waals surface area contributed by atoms with Crippen LogP contribution in [0.15, 0.2) is 35.1 Å². The van der Waals surface area contributed by atoms with Gasteiger partial charge in [0.15, 0.2) is 0 Å². The lowest BCUT2D eigenvalue weighted by Gasteiger charge is -2.09. The number of amides is 1. The Morgan fingerprint density at radius 3 is 2.84 bits per heavy atom. The molecule has 5 heteroatoms. The number of nitrogens with zero attached hydrogens (tertiary/aromatic N) is 2. The van der Waals surface area contributed by atoms with E-state index in [4.69, 9.17) is 0 Å². The zero-order valence-electron chi connectivity index (χ0n) is 11.0. The number of rotatable bonds is 4. The van der Waals surface area contributed by atoms with Gasteiger partial charge in [-0.25, -0.2) is 0 Å². The average molecular weight is 322 g/mol. The van der Waals surface area contributed by atoms with Crippen LogP contribution >= 0.6 is 15.9 Å².